The van der Waals surface area contributed by atoms with E-state index in [9.17, 15) is 10.4 Å². The van der Waals surface area contributed by atoms with Crippen molar-refractivity contribution in [2.24, 2.45) is 0 Å². The van der Waals surface area contributed by atoms with Crippen LogP contribution in [0.3, 0.4) is 0 Å². The van der Waals surface area contributed by atoms with Crippen LogP contribution in [-0.2, 0) is 6.54 Å². The first-order chi connectivity index (χ1) is 11.7. The Bertz CT molecular complexity index is 726. The van der Waals surface area contributed by atoms with Gasteiger partial charge in [-0.05, 0) is 43.5 Å². The minimum absolute atomic E-state index is 0.206. The third-order valence-corrected chi connectivity index (χ3v) is 4.54. The van der Waals surface area contributed by atoms with E-state index in [1.807, 2.05) is 18.2 Å². The predicted molar refractivity (Wildman–Crippen MR) is 97.1 cm³/mol. The van der Waals surface area contributed by atoms with Crippen molar-refractivity contribution in [3.63, 3.8) is 0 Å². The normalized spacial score (nSPS) is 15.1. The lowest BCUT2D eigenvalue weighted by Gasteiger charge is -2.32. The Morgan fingerprint density at radius 3 is 2.54 bits per heavy atom. The third kappa shape index (κ3) is 3.87. The summed E-state index contributed by atoms with van der Waals surface area (Å²) in [6, 6.07) is 16.7. The second kappa shape index (κ2) is 7.37. The van der Waals surface area contributed by atoms with Crippen LogP contribution in [0.2, 0.25) is 0 Å². The maximum atomic E-state index is 9.64. The third-order valence-electron chi connectivity index (χ3n) is 4.54. The van der Waals surface area contributed by atoms with E-state index >= 15 is 0 Å². The molecule has 0 bridgehead atoms. The van der Waals surface area contributed by atoms with Gasteiger partial charge >= 0.3 is 0 Å². The van der Waals surface area contributed by atoms with Crippen molar-refractivity contribution in [1.29, 1.82) is 5.26 Å². The second-order valence-electron chi connectivity index (χ2n) is 6.40. The standard InChI is InChI=1S/C20H23N3O/c1-15-2-4-16(5-3-15)14-22-18-6-7-20(17(12-18)13-21)23-10-8-19(24)9-11-23/h2-7,12,19,22,24H,8-11,14H2,1H3. The van der Waals surface area contributed by atoms with Gasteiger partial charge in [-0.25, -0.2) is 0 Å². The quantitative estimate of drug-likeness (QED) is 0.905. The van der Waals surface area contributed by atoms with Gasteiger partial charge < -0.3 is 15.3 Å². The van der Waals surface area contributed by atoms with Crippen LogP contribution < -0.4 is 10.2 Å². The molecule has 1 aliphatic heterocycles. The Morgan fingerprint density at radius 1 is 1.17 bits per heavy atom. The van der Waals surface area contributed by atoms with Gasteiger partial charge in [0.25, 0.3) is 0 Å². The van der Waals surface area contributed by atoms with Gasteiger partial charge in [0.15, 0.2) is 0 Å². The fourth-order valence-corrected chi connectivity index (χ4v) is 3.03. The van der Waals surface area contributed by atoms with E-state index < -0.39 is 0 Å². The Hall–Kier alpha value is -2.51. The summed E-state index contributed by atoms with van der Waals surface area (Å²) < 4.78 is 0. The molecular formula is C20H23N3O. The molecule has 1 heterocycles. The summed E-state index contributed by atoms with van der Waals surface area (Å²) in [5.74, 6) is 0. The van der Waals surface area contributed by atoms with Crippen LogP contribution in [0.15, 0.2) is 42.5 Å². The number of hydrogen-bond acceptors (Lipinski definition) is 4. The van der Waals surface area contributed by atoms with E-state index in [2.05, 4.69) is 47.5 Å². The Balaban J connectivity index is 1.69. The molecule has 124 valence electrons. The maximum Gasteiger partial charge on any atom is 0.101 e. The monoisotopic (exact) mass is 321 g/mol. The van der Waals surface area contributed by atoms with Crippen molar-refractivity contribution < 1.29 is 5.11 Å². The molecule has 0 saturated carbocycles. The summed E-state index contributed by atoms with van der Waals surface area (Å²) in [5, 5.41) is 22.5. The molecule has 2 aromatic rings. The first-order valence-electron chi connectivity index (χ1n) is 8.42. The molecule has 1 saturated heterocycles. The lowest BCUT2D eigenvalue weighted by atomic mass is 10.0. The Morgan fingerprint density at radius 2 is 1.88 bits per heavy atom. The van der Waals surface area contributed by atoms with E-state index in [1.165, 1.54) is 11.1 Å². The molecule has 1 fully saturated rings. The number of hydrogen-bond donors (Lipinski definition) is 2. The van der Waals surface area contributed by atoms with Crippen LogP contribution in [-0.4, -0.2) is 24.3 Å². The maximum absolute atomic E-state index is 9.64. The second-order valence-corrected chi connectivity index (χ2v) is 6.40. The average Bonchev–Trinajstić information content (AvgIpc) is 2.62. The SMILES string of the molecule is Cc1ccc(CNc2ccc(N3CCC(O)CC3)c(C#N)c2)cc1. The molecule has 2 N–H and O–H groups in total. The number of rotatable bonds is 4. The van der Waals surface area contributed by atoms with Gasteiger partial charge in [-0.3, -0.25) is 0 Å². The highest BCUT2D eigenvalue weighted by molar-refractivity contribution is 5.65. The predicted octanol–water partition coefficient (Wildman–Crippen LogP) is 3.44. The Kier molecular flexibility index (Phi) is 5.02. The number of piperidine rings is 1. The first kappa shape index (κ1) is 16.4. The minimum atomic E-state index is -0.206. The van der Waals surface area contributed by atoms with Crippen LogP contribution in [0.5, 0.6) is 0 Å². The number of anilines is 2. The van der Waals surface area contributed by atoms with Gasteiger partial charge in [0.05, 0.1) is 17.4 Å². The van der Waals surface area contributed by atoms with Crippen molar-refractivity contribution >= 4 is 11.4 Å². The van der Waals surface area contributed by atoms with Gasteiger partial charge in [-0.2, -0.15) is 5.26 Å². The van der Waals surface area contributed by atoms with Gasteiger partial charge in [0.1, 0.15) is 6.07 Å². The van der Waals surface area contributed by atoms with E-state index in [0.717, 1.165) is 43.9 Å². The zero-order valence-electron chi connectivity index (χ0n) is 14.0. The van der Waals surface area contributed by atoms with E-state index in [4.69, 9.17) is 0 Å². The van der Waals surface area contributed by atoms with Gasteiger partial charge in [-0.15, -0.1) is 0 Å². The first-order valence-corrected chi connectivity index (χ1v) is 8.42. The molecule has 0 radical (unpaired) electrons. The molecule has 0 aromatic heterocycles. The molecule has 0 atom stereocenters. The summed E-state index contributed by atoms with van der Waals surface area (Å²) in [6.07, 6.45) is 1.32. The van der Waals surface area contributed by atoms with E-state index in [-0.39, 0.29) is 6.10 Å². The summed E-state index contributed by atoms with van der Waals surface area (Å²) in [5.41, 5.74) is 5.06. The summed E-state index contributed by atoms with van der Waals surface area (Å²) >= 11 is 0. The number of aliphatic hydroxyl groups excluding tert-OH is 1. The molecule has 0 unspecified atom stereocenters. The lowest BCUT2D eigenvalue weighted by molar-refractivity contribution is 0.145. The minimum Gasteiger partial charge on any atom is -0.393 e. The van der Waals surface area contributed by atoms with Crippen molar-refractivity contribution in [3.05, 3.63) is 59.2 Å². The fraction of sp³-hybridized carbons (Fsp3) is 0.350. The van der Waals surface area contributed by atoms with Crippen molar-refractivity contribution in [2.45, 2.75) is 32.4 Å². The smallest absolute Gasteiger partial charge is 0.101 e. The number of aliphatic hydroxyl groups is 1. The van der Waals surface area contributed by atoms with Gasteiger partial charge in [-0.1, -0.05) is 29.8 Å². The van der Waals surface area contributed by atoms with Gasteiger partial charge in [0, 0.05) is 25.3 Å². The van der Waals surface area contributed by atoms with Crippen LogP contribution in [0.1, 0.15) is 29.5 Å². The van der Waals surface area contributed by atoms with Crippen molar-refractivity contribution in [2.75, 3.05) is 23.3 Å². The number of nitriles is 1. The lowest BCUT2D eigenvalue weighted by Crippen LogP contribution is -2.36. The number of nitrogens with zero attached hydrogens (tertiary/aromatic N) is 2. The van der Waals surface area contributed by atoms with Gasteiger partial charge in [0.2, 0.25) is 0 Å². The highest BCUT2D eigenvalue weighted by Gasteiger charge is 2.19. The average molecular weight is 321 g/mol. The molecule has 4 nitrogen and oxygen atoms in total. The van der Waals surface area contributed by atoms with Crippen molar-refractivity contribution in [3.8, 4) is 6.07 Å². The van der Waals surface area contributed by atoms with Crippen LogP contribution in [0, 0.1) is 18.3 Å². The largest absolute Gasteiger partial charge is 0.393 e. The molecule has 0 amide bonds. The fourth-order valence-electron chi connectivity index (χ4n) is 3.03. The van der Waals surface area contributed by atoms with Crippen LogP contribution >= 0.6 is 0 Å². The molecule has 1 aliphatic rings. The highest BCUT2D eigenvalue weighted by atomic mass is 16.3. The summed E-state index contributed by atoms with van der Waals surface area (Å²) in [4.78, 5) is 2.19. The van der Waals surface area contributed by atoms with Crippen LogP contribution in [0.4, 0.5) is 11.4 Å². The van der Waals surface area contributed by atoms with Crippen LogP contribution in [0.25, 0.3) is 0 Å². The highest BCUT2D eigenvalue weighted by Crippen LogP contribution is 2.27. The summed E-state index contributed by atoms with van der Waals surface area (Å²) in [7, 11) is 0. The molecule has 0 spiro atoms. The molecule has 0 aliphatic carbocycles. The van der Waals surface area contributed by atoms with E-state index in [1.54, 1.807) is 0 Å². The zero-order chi connectivity index (χ0) is 16.9. The van der Waals surface area contributed by atoms with Crippen molar-refractivity contribution in [1.82, 2.24) is 0 Å². The number of nitrogens with one attached hydrogen (secondary N) is 1. The Labute approximate surface area is 143 Å². The number of benzene rings is 2. The molecule has 24 heavy (non-hydrogen) atoms. The molecule has 4 heteroatoms. The topological polar surface area (TPSA) is 59.3 Å². The van der Waals surface area contributed by atoms with E-state index in [0.29, 0.717) is 5.56 Å². The molecular weight excluding hydrogens is 298 g/mol. The molecule has 3 rings (SSSR count). The summed E-state index contributed by atoms with van der Waals surface area (Å²) in [6.45, 7) is 4.41. The number of aryl methyl sites for hydroxylation is 1. The zero-order valence-corrected chi connectivity index (χ0v) is 14.0. The molecule has 2 aromatic carbocycles.